The molecule has 1 fully saturated rings. The molecule has 8 rings (SSSR count). The average molecular weight is 812 g/mol. The summed E-state index contributed by atoms with van der Waals surface area (Å²) in [7, 11) is 0. The highest BCUT2D eigenvalue weighted by Crippen LogP contribution is 2.35. The number of allylic oxidation sites excluding steroid dienone is 2. The molecule has 0 bridgehead atoms. The molecular formula is C39H40BF2N9O6S. The highest BCUT2D eigenvalue weighted by molar-refractivity contribution is 7.12. The summed E-state index contributed by atoms with van der Waals surface area (Å²) in [5.74, 6) is 0.152. The molecule has 2 amide bonds. The monoisotopic (exact) mass is 811 g/mol. The lowest BCUT2D eigenvalue weighted by Crippen LogP contribution is -2.50. The first-order valence-corrected chi connectivity index (χ1v) is 19.7. The van der Waals surface area contributed by atoms with E-state index in [0.717, 1.165) is 19.4 Å². The second kappa shape index (κ2) is 16.5. The lowest BCUT2D eigenvalue weighted by Gasteiger charge is -2.30. The number of carbonyl (C=O) groups is 2. The Morgan fingerprint density at radius 2 is 1.84 bits per heavy atom. The first-order chi connectivity index (χ1) is 28.1. The molecule has 0 aliphatic carbocycles. The van der Waals surface area contributed by atoms with E-state index in [-0.39, 0.29) is 12.5 Å². The van der Waals surface area contributed by atoms with Gasteiger partial charge in [0.15, 0.2) is 47.3 Å². The fourth-order valence-electron chi connectivity index (χ4n) is 7.20. The van der Waals surface area contributed by atoms with Gasteiger partial charge in [-0.05, 0) is 67.1 Å². The number of rotatable bonds is 15. The Morgan fingerprint density at radius 3 is 2.64 bits per heavy atom. The molecule has 15 nitrogen and oxygen atoms in total. The van der Waals surface area contributed by atoms with E-state index in [1.165, 1.54) is 28.6 Å². The van der Waals surface area contributed by atoms with Gasteiger partial charge in [-0.3, -0.25) is 14.2 Å². The van der Waals surface area contributed by atoms with Gasteiger partial charge < -0.3 is 53.2 Å². The number of fused-ring (bicyclic) bond motifs is 3. The number of benzene rings is 1. The molecule has 0 radical (unpaired) electrons. The highest BCUT2D eigenvalue weighted by Gasteiger charge is 2.52. The topological polar surface area (TPSA) is 181 Å². The molecule has 7 heterocycles. The Labute approximate surface area is 335 Å². The number of unbranched alkanes of at least 4 members (excludes halogenated alkanes) is 1. The summed E-state index contributed by atoms with van der Waals surface area (Å²) in [4.78, 5) is 38.4. The Balaban J connectivity index is 0.779. The van der Waals surface area contributed by atoms with Crippen molar-refractivity contribution in [3.8, 4) is 5.75 Å². The minimum Gasteiger partial charge on any atom is -0.484 e. The van der Waals surface area contributed by atoms with Crippen molar-refractivity contribution in [3.63, 3.8) is 0 Å². The summed E-state index contributed by atoms with van der Waals surface area (Å²) in [6.45, 7) is -1.27. The van der Waals surface area contributed by atoms with Crippen LogP contribution >= 0.6 is 11.3 Å². The molecule has 19 heteroatoms. The van der Waals surface area contributed by atoms with E-state index in [1.54, 1.807) is 73.7 Å². The number of hydrogen-bond donors (Lipinski definition) is 5. The minimum atomic E-state index is -4.13. The zero-order chi connectivity index (χ0) is 40.4. The van der Waals surface area contributed by atoms with E-state index < -0.39 is 37.4 Å². The normalized spacial score (nSPS) is 20.7. The molecule has 0 saturated carbocycles. The number of thiophene rings is 1. The van der Waals surface area contributed by atoms with Crippen molar-refractivity contribution in [2.24, 2.45) is 0 Å². The molecule has 5 N–H and O–H groups in total. The zero-order valence-corrected chi connectivity index (χ0v) is 32.1. The lowest BCUT2D eigenvalue weighted by atomic mass is 9.90. The lowest BCUT2D eigenvalue weighted by molar-refractivity contribution is -0.360. The number of carbonyl (C=O) groups excluding carboxylic acids is 2. The van der Waals surface area contributed by atoms with Gasteiger partial charge in [0.2, 0.25) is 0 Å². The van der Waals surface area contributed by atoms with Gasteiger partial charge in [-0.2, -0.15) is 0 Å². The van der Waals surface area contributed by atoms with Crippen LogP contribution in [-0.2, 0) is 14.3 Å². The summed E-state index contributed by atoms with van der Waals surface area (Å²) in [6.07, 6.45) is 7.67. The largest absolute Gasteiger partial charge is 0.737 e. The Hall–Kier alpha value is -6.02. The Bertz CT molecular complexity index is 2450. The van der Waals surface area contributed by atoms with Crippen LogP contribution in [0.3, 0.4) is 0 Å². The van der Waals surface area contributed by atoms with E-state index in [4.69, 9.17) is 9.47 Å². The van der Waals surface area contributed by atoms with Crippen molar-refractivity contribution in [3.05, 3.63) is 106 Å². The van der Waals surface area contributed by atoms with Crippen LogP contribution in [0.25, 0.3) is 29.4 Å². The number of aromatic nitrogens is 5. The van der Waals surface area contributed by atoms with Gasteiger partial charge in [0.05, 0.1) is 11.2 Å². The van der Waals surface area contributed by atoms with Crippen LogP contribution < -0.4 is 20.7 Å². The molecule has 1 saturated heterocycles. The van der Waals surface area contributed by atoms with Crippen molar-refractivity contribution in [1.29, 1.82) is 0 Å². The Morgan fingerprint density at radius 1 is 1.02 bits per heavy atom. The molecule has 3 aliphatic heterocycles. The number of anilines is 1. The summed E-state index contributed by atoms with van der Waals surface area (Å²) < 4.78 is 47.3. The predicted molar refractivity (Wildman–Crippen MR) is 215 cm³/mol. The van der Waals surface area contributed by atoms with E-state index in [9.17, 15) is 19.8 Å². The van der Waals surface area contributed by atoms with Gasteiger partial charge in [0, 0.05) is 49.3 Å². The predicted octanol–water partition coefficient (Wildman–Crippen LogP) is 3.65. The maximum Gasteiger partial charge on any atom is 0.737 e. The SMILES string of the molecule is CCNC(=O)[C@H]1O[C@@H](n2cnc3c(NCCCCNC(=O)COc4ccc(/C=C/c5ccc6n5[B-](F)(F)[N+]5=C(c7cccs7)C=CC5=C6)cc4)ncnc32)[C@H](O)[C@@H]1O. The van der Waals surface area contributed by atoms with Gasteiger partial charge in [-0.15, -0.1) is 11.3 Å². The summed E-state index contributed by atoms with van der Waals surface area (Å²) in [5, 5.41) is 31.5. The second-order valence-electron chi connectivity index (χ2n) is 13.8. The third-order valence-electron chi connectivity index (χ3n) is 10.0. The van der Waals surface area contributed by atoms with Crippen LogP contribution in [0.1, 0.15) is 47.8 Å². The fraction of sp³-hybridized carbons (Fsp3) is 0.282. The van der Waals surface area contributed by atoms with Gasteiger partial charge in [-0.25, -0.2) is 15.0 Å². The van der Waals surface area contributed by atoms with Crippen LogP contribution in [0, 0.1) is 0 Å². The maximum atomic E-state index is 16.1. The summed E-state index contributed by atoms with van der Waals surface area (Å²) >= 11 is 1.43. The van der Waals surface area contributed by atoms with Crippen molar-refractivity contribution in [2.75, 3.05) is 31.6 Å². The van der Waals surface area contributed by atoms with Crippen molar-refractivity contribution >= 4 is 71.0 Å². The molecule has 300 valence electrons. The van der Waals surface area contributed by atoms with E-state index in [2.05, 4.69) is 30.9 Å². The van der Waals surface area contributed by atoms with Crippen LogP contribution in [0.4, 0.5) is 14.4 Å². The minimum absolute atomic E-state index is 0.172. The Kier molecular flexibility index (Phi) is 11.0. The quantitative estimate of drug-likeness (QED) is 0.0774. The maximum absolute atomic E-state index is 16.1. The smallest absolute Gasteiger partial charge is 0.484 e. The number of halogens is 2. The molecule has 5 aromatic rings. The first-order valence-electron chi connectivity index (χ1n) is 18.9. The molecular weight excluding hydrogens is 771 g/mol. The number of aliphatic hydroxyl groups is 2. The molecule has 4 aromatic heterocycles. The number of nitrogens with one attached hydrogen (secondary N) is 3. The number of imidazole rings is 1. The average Bonchev–Trinajstić information content (AvgIpc) is 4.07. The number of amides is 2. The van der Waals surface area contributed by atoms with E-state index in [0.29, 0.717) is 78.0 Å². The van der Waals surface area contributed by atoms with Gasteiger partial charge in [0.1, 0.15) is 24.3 Å². The highest BCUT2D eigenvalue weighted by atomic mass is 32.1. The molecule has 4 atom stereocenters. The zero-order valence-electron chi connectivity index (χ0n) is 31.2. The van der Waals surface area contributed by atoms with Gasteiger partial charge >= 0.3 is 6.97 Å². The molecule has 0 spiro atoms. The second-order valence-corrected chi connectivity index (χ2v) is 14.8. The number of aliphatic hydroxyl groups excluding tert-OH is 2. The number of ether oxygens (including phenoxy) is 2. The number of hydrogen-bond acceptors (Lipinski definition) is 11. The third kappa shape index (κ3) is 7.56. The molecule has 1 aromatic carbocycles. The summed E-state index contributed by atoms with van der Waals surface area (Å²) in [6, 6.07) is 14.1. The number of likely N-dealkylation sites (N-methyl/N-ethyl adjacent to an activating group) is 1. The van der Waals surface area contributed by atoms with Crippen LogP contribution in [0.15, 0.2) is 84.4 Å². The van der Waals surface area contributed by atoms with Gasteiger partial charge in [0.25, 0.3) is 11.8 Å². The van der Waals surface area contributed by atoms with Crippen LogP contribution in [-0.4, -0.2) is 108 Å². The van der Waals surface area contributed by atoms with Crippen LogP contribution in [0.2, 0.25) is 0 Å². The van der Waals surface area contributed by atoms with E-state index >= 15 is 8.63 Å². The van der Waals surface area contributed by atoms with Crippen LogP contribution in [0.5, 0.6) is 5.75 Å². The van der Waals surface area contributed by atoms with Crippen molar-refractivity contribution < 1.29 is 42.4 Å². The molecule has 58 heavy (non-hydrogen) atoms. The first kappa shape index (κ1) is 38.8. The van der Waals surface area contributed by atoms with Gasteiger partial charge in [-0.1, -0.05) is 24.3 Å². The van der Waals surface area contributed by atoms with Crippen molar-refractivity contribution in [2.45, 2.75) is 44.3 Å². The van der Waals surface area contributed by atoms with Crippen molar-refractivity contribution in [1.82, 2.24) is 34.6 Å². The molecule has 3 aliphatic rings. The fourth-order valence-corrected chi connectivity index (χ4v) is 7.95. The third-order valence-corrected chi connectivity index (χ3v) is 10.9. The standard InChI is InChI=1S/C39H40BF2N9O6S/c1-2-43-38(55)35-33(53)34(54)39(57-35)49-23-48-32-36(46-22-47-37(32)49)45-18-4-3-17-44-31(52)21-56-28-14-8-24(9-15-28)7-10-25-11-12-26-20-27-13-16-29(30-6-5-19-58-30)51(27)40(41,42)50(25)26/h5-16,19-20,22-23,33-35,39,53-54H,2-4,17-18,21H2,1H3,(H,43,55)(H,44,52)(H,45,46,47)/b10-7+/t33-,34+,35-,39+/m0/s1. The van der Waals surface area contributed by atoms with E-state index in [1.807, 2.05) is 17.5 Å². The molecule has 0 unspecified atom stereocenters. The summed E-state index contributed by atoms with van der Waals surface area (Å²) in [5.41, 5.74) is 3.34. The number of nitrogens with zero attached hydrogens (tertiary/aromatic N) is 6.